The van der Waals surface area contributed by atoms with Crippen molar-refractivity contribution in [2.24, 2.45) is 10.2 Å². The van der Waals surface area contributed by atoms with Crippen molar-refractivity contribution in [3.63, 3.8) is 0 Å². The molecule has 4 rings (SSSR count). The van der Waals surface area contributed by atoms with Crippen LogP contribution in [0.5, 0.6) is 0 Å². The number of aromatic nitrogens is 4. The zero-order valence-electron chi connectivity index (χ0n) is 15.9. The van der Waals surface area contributed by atoms with Crippen LogP contribution in [0.4, 0.5) is 11.6 Å². The second kappa shape index (κ2) is 9.65. The average molecular weight is 394 g/mol. The minimum atomic E-state index is 0.520. The summed E-state index contributed by atoms with van der Waals surface area (Å²) >= 11 is 0. The van der Waals surface area contributed by atoms with Crippen LogP contribution in [0.25, 0.3) is 11.4 Å². The summed E-state index contributed by atoms with van der Waals surface area (Å²) in [6.45, 7) is 0. The van der Waals surface area contributed by atoms with Crippen molar-refractivity contribution in [1.29, 1.82) is 0 Å². The molecule has 0 unspecified atom stereocenters. The minimum absolute atomic E-state index is 0.520. The lowest BCUT2D eigenvalue weighted by molar-refractivity contribution is 1.12. The van der Waals surface area contributed by atoms with Gasteiger partial charge in [-0.05, 0) is 24.3 Å². The standard InChI is InChI=1S/C22H18N8/c1-2-8-17(9-3-1)22-27-20(29-25-15-18-10-4-6-12-23-18)14-21(28-22)30-26-16-19-11-5-7-13-24-19/h1-16H,(H2,27,28,29,30)/b25-15+,26-16+. The van der Waals surface area contributed by atoms with E-state index in [1.54, 1.807) is 30.9 Å². The number of anilines is 2. The van der Waals surface area contributed by atoms with Crippen molar-refractivity contribution < 1.29 is 0 Å². The van der Waals surface area contributed by atoms with Crippen LogP contribution in [0.3, 0.4) is 0 Å². The second-order valence-corrected chi connectivity index (χ2v) is 6.08. The predicted molar refractivity (Wildman–Crippen MR) is 118 cm³/mol. The van der Waals surface area contributed by atoms with Crippen LogP contribution < -0.4 is 10.9 Å². The molecule has 0 aliphatic rings. The first kappa shape index (κ1) is 18.9. The lowest BCUT2D eigenvalue weighted by atomic mass is 10.2. The van der Waals surface area contributed by atoms with Gasteiger partial charge in [0.05, 0.1) is 23.8 Å². The highest BCUT2D eigenvalue weighted by molar-refractivity contribution is 5.78. The largest absolute Gasteiger partial charge is 0.261 e. The van der Waals surface area contributed by atoms with E-state index in [4.69, 9.17) is 0 Å². The zero-order chi connectivity index (χ0) is 20.4. The predicted octanol–water partition coefficient (Wildman–Crippen LogP) is 3.83. The summed E-state index contributed by atoms with van der Waals surface area (Å²) in [5.74, 6) is 1.59. The summed E-state index contributed by atoms with van der Waals surface area (Å²) in [4.78, 5) is 17.5. The molecule has 30 heavy (non-hydrogen) atoms. The van der Waals surface area contributed by atoms with E-state index in [-0.39, 0.29) is 0 Å². The fourth-order valence-corrected chi connectivity index (χ4v) is 2.51. The summed E-state index contributed by atoms with van der Waals surface area (Å²) in [6.07, 6.45) is 6.66. The number of pyridine rings is 2. The molecule has 0 fully saturated rings. The molecule has 2 N–H and O–H groups in total. The monoisotopic (exact) mass is 394 g/mol. The average Bonchev–Trinajstić information content (AvgIpc) is 2.81. The Balaban J connectivity index is 1.56. The highest BCUT2D eigenvalue weighted by Gasteiger charge is 2.06. The van der Waals surface area contributed by atoms with Gasteiger partial charge in [0.15, 0.2) is 17.5 Å². The van der Waals surface area contributed by atoms with E-state index in [9.17, 15) is 0 Å². The van der Waals surface area contributed by atoms with Crippen molar-refractivity contribution in [3.8, 4) is 11.4 Å². The molecule has 0 aliphatic heterocycles. The minimum Gasteiger partial charge on any atom is -0.261 e. The van der Waals surface area contributed by atoms with E-state index in [2.05, 4.69) is 41.0 Å². The Morgan fingerprint density at radius 2 is 1.17 bits per heavy atom. The highest BCUT2D eigenvalue weighted by Crippen LogP contribution is 2.20. The molecule has 3 aromatic heterocycles. The quantitative estimate of drug-likeness (QED) is 0.365. The van der Waals surface area contributed by atoms with Crippen LogP contribution in [-0.2, 0) is 0 Å². The molecule has 0 saturated heterocycles. The van der Waals surface area contributed by atoms with E-state index in [1.165, 1.54) is 0 Å². The molecule has 0 amide bonds. The third-order valence-corrected chi connectivity index (χ3v) is 3.89. The molecule has 0 radical (unpaired) electrons. The van der Waals surface area contributed by atoms with Gasteiger partial charge in [-0.2, -0.15) is 10.2 Å². The first-order valence-electron chi connectivity index (χ1n) is 9.21. The van der Waals surface area contributed by atoms with Gasteiger partial charge >= 0.3 is 0 Å². The van der Waals surface area contributed by atoms with Gasteiger partial charge in [-0.15, -0.1) is 0 Å². The first-order chi connectivity index (χ1) is 14.9. The molecule has 8 heteroatoms. The van der Waals surface area contributed by atoms with Gasteiger partial charge in [0, 0.05) is 24.0 Å². The number of rotatable bonds is 7. The molecule has 0 aliphatic carbocycles. The first-order valence-corrected chi connectivity index (χ1v) is 9.21. The Morgan fingerprint density at radius 1 is 0.633 bits per heavy atom. The molecule has 1 aromatic carbocycles. The van der Waals surface area contributed by atoms with Crippen LogP contribution in [-0.4, -0.2) is 32.4 Å². The SMILES string of the molecule is C(=N\Nc1cc(N/N=C/c2ccccn2)nc(-c2ccccc2)n1)/c1ccccn1. The molecular formula is C22H18N8. The van der Waals surface area contributed by atoms with Gasteiger partial charge in [0.1, 0.15) is 0 Å². The third kappa shape index (κ3) is 5.29. The molecule has 146 valence electrons. The van der Waals surface area contributed by atoms with E-state index in [1.807, 2.05) is 66.7 Å². The topological polar surface area (TPSA) is 100 Å². The van der Waals surface area contributed by atoms with Gasteiger partial charge in [-0.1, -0.05) is 42.5 Å². The normalized spacial score (nSPS) is 11.1. The molecule has 0 spiro atoms. The summed E-state index contributed by atoms with van der Waals surface area (Å²) in [5, 5.41) is 8.42. The Morgan fingerprint density at radius 3 is 1.67 bits per heavy atom. The summed E-state index contributed by atoms with van der Waals surface area (Å²) < 4.78 is 0. The van der Waals surface area contributed by atoms with Gasteiger partial charge in [0.25, 0.3) is 0 Å². The van der Waals surface area contributed by atoms with E-state index < -0.39 is 0 Å². The van der Waals surface area contributed by atoms with Crippen LogP contribution in [0.2, 0.25) is 0 Å². The van der Waals surface area contributed by atoms with Crippen LogP contribution in [0.1, 0.15) is 11.4 Å². The van der Waals surface area contributed by atoms with Crippen molar-refractivity contribution >= 4 is 24.1 Å². The molecule has 8 nitrogen and oxygen atoms in total. The Bertz CT molecular complexity index is 1060. The molecular weight excluding hydrogens is 376 g/mol. The van der Waals surface area contributed by atoms with Gasteiger partial charge in [0.2, 0.25) is 0 Å². The number of hydrazone groups is 2. The maximum absolute atomic E-state index is 4.54. The van der Waals surface area contributed by atoms with Crippen LogP contribution in [0, 0.1) is 0 Å². The third-order valence-electron chi connectivity index (χ3n) is 3.89. The summed E-state index contributed by atoms with van der Waals surface area (Å²) in [6, 6.07) is 22.6. The van der Waals surface area contributed by atoms with Gasteiger partial charge in [-0.3, -0.25) is 20.8 Å². The second-order valence-electron chi connectivity index (χ2n) is 6.08. The van der Waals surface area contributed by atoms with E-state index in [0.29, 0.717) is 17.5 Å². The molecule has 3 heterocycles. The van der Waals surface area contributed by atoms with Crippen molar-refractivity contribution in [2.75, 3.05) is 10.9 Å². The fraction of sp³-hybridized carbons (Fsp3) is 0. The maximum atomic E-state index is 4.54. The van der Waals surface area contributed by atoms with Crippen LogP contribution >= 0.6 is 0 Å². The molecule has 0 atom stereocenters. The highest BCUT2D eigenvalue weighted by atomic mass is 15.3. The maximum Gasteiger partial charge on any atom is 0.163 e. The van der Waals surface area contributed by atoms with E-state index >= 15 is 0 Å². The number of benzene rings is 1. The smallest absolute Gasteiger partial charge is 0.163 e. The lowest BCUT2D eigenvalue weighted by Gasteiger charge is -2.07. The van der Waals surface area contributed by atoms with Crippen molar-refractivity contribution in [2.45, 2.75) is 0 Å². The summed E-state index contributed by atoms with van der Waals surface area (Å²) in [5.41, 5.74) is 8.21. The van der Waals surface area contributed by atoms with Crippen molar-refractivity contribution in [3.05, 3.63) is 96.6 Å². The number of nitrogens with zero attached hydrogens (tertiary/aromatic N) is 6. The molecule has 4 aromatic rings. The number of hydrogen-bond acceptors (Lipinski definition) is 8. The summed E-state index contributed by atoms with van der Waals surface area (Å²) in [7, 11) is 0. The Hall–Kier alpha value is -4.46. The number of hydrogen-bond donors (Lipinski definition) is 2. The Kier molecular flexibility index (Phi) is 6.07. The molecule has 0 saturated carbocycles. The zero-order valence-corrected chi connectivity index (χ0v) is 15.9. The fourth-order valence-electron chi connectivity index (χ4n) is 2.51. The van der Waals surface area contributed by atoms with Gasteiger partial charge in [-0.25, -0.2) is 9.97 Å². The van der Waals surface area contributed by atoms with Crippen LogP contribution in [0.15, 0.2) is 95.4 Å². The Labute approximate surface area is 173 Å². The molecule has 0 bridgehead atoms. The van der Waals surface area contributed by atoms with Gasteiger partial charge < -0.3 is 0 Å². The van der Waals surface area contributed by atoms with Crippen molar-refractivity contribution in [1.82, 2.24) is 19.9 Å². The van der Waals surface area contributed by atoms with E-state index in [0.717, 1.165) is 17.0 Å². The lowest BCUT2D eigenvalue weighted by Crippen LogP contribution is -2.02. The number of nitrogens with one attached hydrogen (secondary N) is 2.